The second-order valence-electron chi connectivity index (χ2n) is 28.4. The minimum atomic E-state index is -4.62. The minimum absolute atomic E-state index is 0.00695. The van der Waals surface area contributed by atoms with E-state index in [0.29, 0.717) is 17.4 Å². The predicted octanol–water partition coefficient (Wildman–Crippen LogP) is 24.9. The highest BCUT2D eigenvalue weighted by Gasteiger charge is 2.23. The fraction of sp³-hybridized carbons (Fsp3) is 0.911. The summed E-state index contributed by atoms with van der Waals surface area (Å²) >= 11 is 0. The number of rotatable bonds is 74. The van der Waals surface area contributed by atoms with Gasteiger partial charge in [0, 0.05) is 6.42 Å². The molecule has 0 saturated heterocycles. The van der Waals surface area contributed by atoms with E-state index in [1.54, 1.807) is 6.08 Å². The molecule has 3 unspecified atom stereocenters. The van der Waals surface area contributed by atoms with Gasteiger partial charge in [0.1, 0.15) is 13.2 Å². The number of likely N-dealkylation sites (N-methyl/N-ethyl adjacent to an activating group) is 1. The molecule has 0 aromatic carbocycles. The van der Waals surface area contributed by atoms with Gasteiger partial charge < -0.3 is 28.8 Å². The zero-order chi connectivity index (χ0) is 64.1. The third kappa shape index (κ3) is 72.2. The van der Waals surface area contributed by atoms with Gasteiger partial charge in [-0.05, 0) is 44.9 Å². The third-order valence-corrected chi connectivity index (χ3v) is 19.3. The van der Waals surface area contributed by atoms with Crippen molar-refractivity contribution in [2.45, 2.75) is 424 Å². The number of phosphoric ester groups is 1. The number of amides is 1. The molecule has 0 fully saturated rings. The molecule has 8 nitrogen and oxygen atoms in total. The Hall–Kier alpha value is -1.28. The first kappa shape index (κ1) is 86.7. The Morgan fingerprint density at radius 3 is 0.920 bits per heavy atom. The molecule has 88 heavy (non-hydrogen) atoms. The molecule has 1 amide bonds. The number of carbonyl (C=O) groups is 1. The van der Waals surface area contributed by atoms with E-state index in [1.165, 1.54) is 347 Å². The molecule has 0 saturated carbocycles. The smallest absolute Gasteiger partial charge is 0.268 e. The number of nitrogens with one attached hydrogen (secondary N) is 1. The van der Waals surface area contributed by atoms with Gasteiger partial charge in [-0.25, -0.2) is 0 Å². The van der Waals surface area contributed by atoms with E-state index in [-0.39, 0.29) is 12.5 Å². The van der Waals surface area contributed by atoms with Crippen LogP contribution in [0.25, 0.3) is 0 Å². The summed E-state index contributed by atoms with van der Waals surface area (Å²) in [7, 11) is 1.25. The van der Waals surface area contributed by atoms with Gasteiger partial charge in [0.05, 0.1) is 39.9 Å². The molecule has 0 aromatic heterocycles. The van der Waals surface area contributed by atoms with Crippen LogP contribution in [0, 0.1) is 0 Å². The van der Waals surface area contributed by atoms with Crippen LogP contribution >= 0.6 is 7.82 Å². The van der Waals surface area contributed by atoms with Gasteiger partial charge >= 0.3 is 0 Å². The fourth-order valence-electron chi connectivity index (χ4n) is 12.3. The number of allylic oxidation sites excluding steroid dienone is 5. The molecule has 0 spiro atoms. The van der Waals surface area contributed by atoms with E-state index < -0.39 is 26.6 Å². The summed E-state index contributed by atoms with van der Waals surface area (Å²) in [5.41, 5.74) is 0. The van der Waals surface area contributed by atoms with Crippen LogP contribution in [0.4, 0.5) is 0 Å². The number of quaternary nitrogens is 1. The Labute approximate surface area is 550 Å². The Kier molecular flexibility index (Phi) is 69.0. The SMILES string of the molecule is CCCCCCCCCCCCCCCCCCCCCC/C=C/CC/C=C/CC/C=C/C(O)C(COP(=O)([O-])OCC[N+](C)(C)C)NC(=O)CCCCCCCCCCCCCCCCCCCCCCCCCCCCCCCCCCCCCC. The minimum Gasteiger partial charge on any atom is -0.756 e. The van der Waals surface area contributed by atoms with E-state index in [1.807, 2.05) is 27.2 Å². The van der Waals surface area contributed by atoms with Crippen molar-refractivity contribution in [3.8, 4) is 0 Å². The second-order valence-corrected chi connectivity index (χ2v) is 29.8. The number of hydrogen-bond acceptors (Lipinski definition) is 6. The molecule has 0 aliphatic carbocycles. The zero-order valence-corrected chi connectivity index (χ0v) is 60.9. The van der Waals surface area contributed by atoms with Gasteiger partial charge in [0.25, 0.3) is 7.82 Å². The van der Waals surface area contributed by atoms with Crippen LogP contribution < -0.4 is 10.2 Å². The van der Waals surface area contributed by atoms with Crippen LogP contribution in [0.3, 0.4) is 0 Å². The van der Waals surface area contributed by atoms with Crippen molar-refractivity contribution >= 4 is 13.7 Å². The Morgan fingerprint density at radius 2 is 0.636 bits per heavy atom. The molecule has 0 rings (SSSR count). The number of unbranched alkanes of at least 4 members (excludes halogenated alkanes) is 57. The first-order valence-corrected chi connectivity index (χ1v) is 40.8. The monoisotopic (exact) mass is 1260 g/mol. The standard InChI is InChI=1S/C79H155N2O6P/c1-6-8-10-12-14-16-18-20-22-24-26-28-30-32-34-36-38-39-40-41-42-43-45-47-49-51-53-55-57-59-61-63-65-67-69-71-73-79(83)80-77(76-87-88(84,85)86-75-74-81(3,4)5)78(82)72-70-68-66-64-62-60-58-56-54-52-50-48-46-44-37-35-33-31-29-27-25-23-21-19-17-15-13-11-9-7-2/h54,56,62,64,70,72,77-78,82H,6-53,55,57-61,63,65-69,71,73-76H2,1-5H3,(H-,80,83,84,85)/b56-54+,64-62+,72-70+. The van der Waals surface area contributed by atoms with Crippen LogP contribution in [0.15, 0.2) is 36.5 Å². The van der Waals surface area contributed by atoms with E-state index in [2.05, 4.69) is 43.5 Å². The molecule has 0 aliphatic heterocycles. The number of phosphoric acid groups is 1. The summed E-state index contributed by atoms with van der Waals surface area (Å²) in [6.07, 6.45) is 94.7. The van der Waals surface area contributed by atoms with Crippen molar-refractivity contribution < 1.29 is 32.9 Å². The summed E-state index contributed by atoms with van der Waals surface area (Å²) in [6, 6.07) is -0.910. The van der Waals surface area contributed by atoms with Crippen LogP contribution in [0.1, 0.15) is 412 Å². The van der Waals surface area contributed by atoms with Crippen molar-refractivity contribution in [1.82, 2.24) is 5.32 Å². The molecule has 0 radical (unpaired) electrons. The summed E-state index contributed by atoms with van der Waals surface area (Å²) in [5, 5.41) is 14.0. The average molecular weight is 1260 g/mol. The number of carbonyl (C=O) groups excluding carboxylic acids is 1. The van der Waals surface area contributed by atoms with Gasteiger partial charge in [-0.1, -0.05) is 397 Å². The molecule has 0 bridgehead atoms. The molecular formula is C79H155N2O6P. The predicted molar refractivity (Wildman–Crippen MR) is 385 cm³/mol. The lowest BCUT2D eigenvalue weighted by Gasteiger charge is -2.29. The quantitative estimate of drug-likeness (QED) is 0.0272. The highest BCUT2D eigenvalue weighted by molar-refractivity contribution is 7.45. The molecule has 522 valence electrons. The highest BCUT2D eigenvalue weighted by Crippen LogP contribution is 2.38. The Balaban J connectivity index is 4.00. The first-order valence-electron chi connectivity index (χ1n) is 39.4. The lowest BCUT2D eigenvalue weighted by Crippen LogP contribution is -2.45. The summed E-state index contributed by atoms with van der Waals surface area (Å²) < 4.78 is 23.5. The lowest BCUT2D eigenvalue weighted by molar-refractivity contribution is -0.870. The van der Waals surface area contributed by atoms with E-state index in [4.69, 9.17) is 9.05 Å². The normalized spacial score (nSPS) is 13.7. The van der Waals surface area contributed by atoms with Crippen LogP contribution in [0.5, 0.6) is 0 Å². The first-order chi connectivity index (χ1) is 43.0. The van der Waals surface area contributed by atoms with Crippen molar-refractivity contribution in [2.75, 3.05) is 40.9 Å². The lowest BCUT2D eigenvalue weighted by atomic mass is 10.0. The molecule has 0 heterocycles. The Morgan fingerprint density at radius 1 is 0.386 bits per heavy atom. The van der Waals surface area contributed by atoms with Gasteiger partial charge in [0.15, 0.2) is 0 Å². The van der Waals surface area contributed by atoms with Crippen molar-refractivity contribution in [3.63, 3.8) is 0 Å². The summed E-state index contributed by atoms with van der Waals surface area (Å²) in [5.74, 6) is -0.202. The van der Waals surface area contributed by atoms with Gasteiger partial charge in [0.2, 0.25) is 5.91 Å². The Bertz CT molecular complexity index is 1530. The second kappa shape index (κ2) is 70.0. The largest absolute Gasteiger partial charge is 0.756 e. The third-order valence-electron chi connectivity index (χ3n) is 18.3. The van der Waals surface area contributed by atoms with Crippen molar-refractivity contribution in [2.24, 2.45) is 0 Å². The molecule has 9 heteroatoms. The zero-order valence-electron chi connectivity index (χ0n) is 60.0. The number of nitrogens with zero attached hydrogens (tertiary/aromatic N) is 1. The fourth-order valence-corrected chi connectivity index (χ4v) is 13.0. The maximum Gasteiger partial charge on any atom is 0.268 e. The van der Waals surface area contributed by atoms with Crippen LogP contribution in [-0.2, 0) is 18.4 Å². The van der Waals surface area contributed by atoms with Gasteiger partial charge in [-0.2, -0.15) is 0 Å². The van der Waals surface area contributed by atoms with Crippen molar-refractivity contribution in [3.05, 3.63) is 36.5 Å². The van der Waals surface area contributed by atoms with E-state index >= 15 is 0 Å². The molecular weight excluding hydrogens is 1100 g/mol. The van der Waals surface area contributed by atoms with Crippen LogP contribution in [0.2, 0.25) is 0 Å². The topological polar surface area (TPSA) is 108 Å². The highest BCUT2D eigenvalue weighted by atomic mass is 31.2. The number of hydrogen-bond donors (Lipinski definition) is 2. The van der Waals surface area contributed by atoms with Crippen LogP contribution in [-0.4, -0.2) is 68.5 Å². The van der Waals surface area contributed by atoms with Gasteiger partial charge in [-0.3, -0.25) is 9.36 Å². The maximum absolute atomic E-state index is 13.1. The number of aliphatic hydroxyl groups excluding tert-OH is 1. The molecule has 0 aliphatic rings. The summed E-state index contributed by atoms with van der Waals surface area (Å²) in [6.45, 7) is 4.69. The van der Waals surface area contributed by atoms with Crippen molar-refractivity contribution in [1.29, 1.82) is 0 Å². The average Bonchev–Trinajstić information content (AvgIpc) is 3.58. The molecule has 3 atom stereocenters. The number of aliphatic hydroxyl groups is 1. The molecule has 2 N–H and O–H groups in total. The maximum atomic E-state index is 13.1. The molecule has 0 aromatic rings. The summed E-state index contributed by atoms with van der Waals surface area (Å²) in [4.78, 5) is 25.7. The van der Waals surface area contributed by atoms with E-state index in [0.717, 1.165) is 44.9 Å². The van der Waals surface area contributed by atoms with E-state index in [9.17, 15) is 19.4 Å². The van der Waals surface area contributed by atoms with Gasteiger partial charge in [-0.15, -0.1) is 0 Å².